The summed E-state index contributed by atoms with van der Waals surface area (Å²) in [6.07, 6.45) is 0. The summed E-state index contributed by atoms with van der Waals surface area (Å²) >= 11 is 0. The molecule has 0 atom stereocenters. The number of nitro groups is 1. The zero-order valence-corrected chi connectivity index (χ0v) is 15.9. The molecule has 0 bridgehead atoms. The van der Waals surface area contributed by atoms with E-state index in [1.807, 2.05) is 20.8 Å². The molecule has 0 radical (unpaired) electrons. The van der Waals surface area contributed by atoms with Crippen LogP contribution < -0.4 is 10.1 Å². The van der Waals surface area contributed by atoms with Gasteiger partial charge >= 0.3 is 11.7 Å². The average Bonchev–Trinajstić information content (AvgIpc) is 2.56. The molecule has 0 aliphatic rings. The van der Waals surface area contributed by atoms with Gasteiger partial charge in [-0.05, 0) is 32.9 Å². The molecule has 0 aliphatic heterocycles. The largest absolute Gasteiger partial charge is 0.490 e. The first-order chi connectivity index (χ1) is 12.4. The van der Waals surface area contributed by atoms with E-state index in [1.165, 1.54) is 26.3 Å². The molecule has 0 unspecified atom stereocenters. The van der Waals surface area contributed by atoms with E-state index < -0.39 is 34.6 Å². The molecule has 0 aliphatic carbocycles. The number of hydrogen-bond donors (Lipinski definition) is 1. The molecule has 0 saturated carbocycles. The van der Waals surface area contributed by atoms with Gasteiger partial charge in [-0.15, -0.1) is 0 Å². The van der Waals surface area contributed by atoms with Gasteiger partial charge in [-0.2, -0.15) is 0 Å². The van der Waals surface area contributed by atoms with Crippen molar-refractivity contribution in [3.8, 4) is 5.75 Å². The zero-order valence-electron chi connectivity index (χ0n) is 15.9. The Kier molecular flexibility index (Phi) is 7.26. The number of methoxy groups -OCH3 is 1. The molecule has 1 N–H and O–H groups in total. The van der Waals surface area contributed by atoms with E-state index in [1.54, 1.807) is 0 Å². The fourth-order valence-electron chi connectivity index (χ4n) is 2.04. The van der Waals surface area contributed by atoms with Crippen LogP contribution in [0.25, 0.3) is 0 Å². The van der Waals surface area contributed by atoms with Gasteiger partial charge in [-0.1, -0.05) is 0 Å². The Labute approximate surface area is 156 Å². The van der Waals surface area contributed by atoms with E-state index in [0.717, 1.165) is 11.0 Å². The number of likely N-dealkylation sites (N-methyl/N-ethyl adjacent to an activating group) is 1. The van der Waals surface area contributed by atoms with Crippen LogP contribution in [0.3, 0.4) is 0 Å². The monoisotopic (exact) mass is 381 g/mol. The first-order valence-corrected chi connectivity index (χ1v) is 7.99. The summed E-state index contributed by atoms with van der Waals surface area (Å²) < 4.78 is 9.73. The van der Waals surface area contributed by atoms with E-state index in [2.05, 4.69) is 5.32 Å². The summed E-state index contributed by atoms with van der Waals surface area (Å²) in [5.41, 5.74) is -0.922. The van der Waals surface area contributed by atoms with Crippen LogP contribution in [0.15, 0.2) is 18.2 Å². The summed E-state index contributed by atoms with van der Waals surface area (Å²) in [5, 5.41) is 13.7. The highest BCUT2D eigenvalue weighted by molar-refractivity contribution is 5.93. The number of amides is 2. The minimum Gasteiger partial charge on any atom is -0.490 e. The van der Waals surface area contributed by atoms with Gasteiger partial charge in [0.2, 0.25) is 5.91 Å². The molecule has 148 valence electrons. The smallest absolute Gasteiger partial charge is 0.338 e. The zero-order chi connectivity index (χ0) is 20.8. The number of hydrogen-bond acceptors (Lipinski definition) is 7. The van der Waals surface area contributed by atoms with Crippen molar-refractivity contribution >= 4 is 23.5 Å². The minimum atomic E-state index is -0.901. The number of nitro benzene ring substituents is 1. The Balaban J connectivity index is 2.66. The second-order valence-electron chi connectivity index (χ2n) is 6.77. The van der Waals surface area contributed by atoms with Gasteiger partial charge in [-0.3, -0.25) is 19.7 Å². The molecule has 0 heterocycles. The molecule has 1 aromatic carbocycles. The van der Waals surface area contributed by atoms with Crippen LogP contribution in [0.2, 0.25) is 0 Å². The van der Waals surface area contributed by atoms with Gasteiger partial charge in [-0.25, -0.2) is 4.79 Å². The van der Waals surface area contributed by atoms with Gasteiger partial charge < -0.3 is 19.7 Å². The molecule has 1 aromatic rings. The van der Waals surface area contributed by atoms with Crippen molar-refractivity contribution in [3.63, 3.8) is 0 Å². The van der Waals surface area contributed by atoms with Gasteiger partial charge in [0, 0.05) is 18.7 Å². The Bertz CT molecular complexity index is 741. The van der Waals surface area contributed by atoms with Crippen molar-refractivity contribution in [1.82, 2.24) is 10.2 Å². The summed E-state index contributed by atoms with van der Waals surface area (Å²) in [6, 6.07) is 3.56. The highest BCUT2D eigenvalue weighted by atomic mass is 16.6. The van der Waals surface area contributed by atoms with Gasteiger partial charge in [0.1, 0.15) is 0 Å². The maximum Gasteiger partial charge on any atom is 0.338 e. The van der Waals surface area contributed by atoms with Crippen LogP contribution in [0, 0.1) is 10.1 Å². The van der Waals surface area contributed by atoms with Crippen molar-refractivity contribution in [2.75, 3.05) is 27.3 Å². The first kappa shape index (κ1) is 21.9. The fraction of sp³-hybridized carbons (Fsp3) is 0.471. The number of ether oxygens (including phenoxy) is 2. The number of esters is 1. The van der Waals surface area contributed by atoms with E-state index in [4.69, 9.17) is 9.47 Å². The second-order valence-corrected chi connectivity index (χ2v) is 6.77. The van der Waals surface area contributed by atoms with Gasteiger partial charge in [0.15, 0.2) is 12.4 Å². The third-order valence-corrected chi connectivity index (χ3v) is 3.26. The molecule has 10 nitrogen and oxygen atoms in total. The third kappa shape index (κ3) is 6.92. The van der Waals surface area contributed by atoms with Crippen molar-refractivity contribution in [3.05, 3.63) is 33.9 Å². The number of rotatable bonds is 7. The summed E-state index contributed by atoms with van der Waals surface area (Å²) in [4.78, 5) is 47.2. The minimum absolute atomic E-state index is 0.00257. The fourth-order valence-corrected chi connectivity index (χ4v) is 2.04. The maximum atomic E-state index is 12.0. The Hall–Kier alpha value is -3.17. The van der Waals surface area contributed by atoms with Gasteiger partial charge in [0.25, 0.3) is 5.91 Å². The first-order valence-electron chi connectivity index (χ1n) is 7.99. The number of nitrogens with zero attached hydrogens (tertiary/aromatic N) is 2. The van der Waals surface area contributed by atoms with Crippen LogP contribution in [0.4, 0.5) is 5.69 Å². The summed E-state index contributed by atoms with van der Waals surface area (Å²) in [6.45, 7) is 4.63. The standard InChI is InChI=1S/C17H23N3O7/c1-17(2,3)18-14(21)9-19(4)15(22)10-27-16(23)11-6-7-13(26-5)12(8-11)20(24)25/h6-8H,9-10H2,1-5H3,(H,18,21). The molecule has 0 fully saturated rings. The summed E-state index contributed by atoms with van der Waals surface area (Å²) in [5.74, 6) is -1.84. The molecule has 27 heavy (non-hydrogen) atoms. The lowest BCUT2D eigenvalue weighted by molar-refractivity contribution is -0.385. The van der Waals surface area contributed by atoms with E-state index >= 15 is 0 Å². The lowest BCUT2D eigenvalue weighted by Gasteiger charge is -2.23. The van der Waals surface area contributed by atoms with Crippen LogP contribution in [-0.4, -0.2) is 60.5 Å². The second kappa shape index (κ2) is 8.97. The van der Waals surface area contributed by atoms with E-state index in [-0.39, 0.29) is 23.8 Å². The predicted octanol–water partition coefficient (Wildman–Crippen LogP) is 1.13. The Morgan fingerprint density at radius 1 is 1.26 bits per heavy atom. The lowest BCUT2D eigenvalue weighted by Crippen LogP contribution is -2.46. The van der Waals surface area contributed by atoms with Crippen molar-refractivity contribution in [2.24, 2.45) is 0 Å². The van der Waals surface area contributed by atoms with Crippen molar-refractivity contribution in [1.29, 1.82) is 0 Å². The summed E-state index contributed by atoms with van der Waals surface area (Å²) in [7, 11) is 2.67. The van der Waals surface area contributed by atoms with Crippen molar-refractivity contribution in [2.45, 2.75) is 26.3 Å². The lowest BCUT2D eigenvalue weighted by atomic mass is 10.1. The van der Waals surface area contributed by atoms with Gasteiger partial charge in [0.05, 0.1) is 24.1 Å². The highest BCUT2D eigenvalue weighted by Crippen LogP contribution is 2.27. The average molecular weight is 381 g/mol. The molecule has 0 saturated heterocycles. The normalized spacial score (nSPS) is 10.7. The quantitative estimate of drug-likeness (QED) is 0.426. The molecule has 0 spiro atoms. The maximum absolute atomic E-state index is 12.0. The molecule has 10 heteroatoms. The number of nitrogens with one attached hydrogen (secondary N) is 1. The molecule has 0 aromatic heterocycles. The van der Waals surface area contributed by atoms with Crippen LogP contribution >= 0.6 is 0 Å². The van der Waals surface area contributed by atoms with E-state index in [9.17, 15) is 24.5 Å². The number of benzene rings is 1. The molecular weight excluding hydrogens is 358 g/mol. The SMILES string of the molecule is COc1ccc(C(=O)OCC(=O)N(C)CC(=O)NC(C)(C)C)cc1[N+](=O)[O-]. The van der Waals surface area contributed by atoms with E-state index in [0.29, 0.717) is 0 Å². The molecule has 1 rings (SSSR count). The Morgan fingerprint density at radius 2 is 1.89 bits per heavy atom. The molecule has 2 amide bonds. The number of carbonyl (C=O) groups is 3. The van der Waals surface area contributed by atoms with Crippen molar-refractivity contribution < 1.29 is 28.8 Å². The van der Waals surface area contributed by atoms with Crippen LogP contribution in [0.1, 0.15) is 31.1 Å². The molecular formula is C17H23N3O7. The third-order valence-electron chi connectivity index (χ3n) is 3.26. The topological polar surface area (TPSA) is 128 Å². The van der Waals surface area contributed by atoms with Crippen LogP contribution in [0.5, 0.6) is 5.75 Å². The number of carbonyl (C=O) groups excluding carboxylic acids is 3. The highest BCUT2D eigenvalue weighted by Gasteiger charge is 2.21. The predicted molar refractivity (Wildman–Crippen MR) is 95.5 cm³/mol. The Morgan fingerprint density at radius 3 is 2.41 bits per heavy atom. The van der Waals surface area contributed by atoms with Crippen LogP contribution in [-0.2, 0) is 14.3 Å².